The maximum Gasteiger partial charge on any atom is 0.290 e. The molecule has 4 N–H and O–H groups in total. The molecular formula is C4H17NO2. The van der Waals surface area contributed by atoms with E-state index in [0.717, 1.165) is 0 Å². The van der Waals surface area contributed by atoms with Crippen LogP contribution in [0, 0.1) is 0 Å². The summed E-state index contributed by atoms with van der Waals surface area (Å²) in [6.07, 6.45) is 0. The van der Waals surface area contributed by atoms with Crippen molar-refractivity contribution in [3.05, 3.63) is 0 Å². The Kier molecular flexibility index (Phi) is 7630. The van der Waals surface area contributed by atoms with Gasteiger partial charge in [0.2, 0.25) is 0 Å². The van der Waals surface area contributed by atoms with Gasteiger partial charge in [0.25, 0.3) is 6.47 Å². The maximum absolute atomic E-state index is 8.36. The van der Waals surface area contributed by atoms with Crippen LogP contribution in [-0.2, 0) is 4.79 Å². The Hall–Kier alpha value is -0.570. The molecule has 0 spiro atoms. The minimum Gasteiger partial charge on any atom is -0.483 e. The van der Waals surface area contributed by atoms with Crippen molar-refractivity contribution in [3.8, 4) is 0 Å². The monoisotopic (exact) mass is 111 g/mol. The second-order valence-electron chi connectivity index (χ2n) is 0.105. The molecule has 0 aliphatic heterocycles. The van der Waals surface area contributed by atoms with Crippen LogP contribution >= 0.6 is 0 Å². The van der Waals surface area contributed by atoms with E-state index in [1.807, 2.05) is 0 Å². The van der Waals surface area contributed by atoms with Crippen LogP contribution in [0.25, 0.3) is 0 Å². The highest BCUT2D eigenvalue weighted by molar-refractivity contribution is 5.32. The molecule has 0 heterocycles. The van der Waals surface area contributed by atoms with E-state index >= 15 is 0 Å². The van der Waals surface area contributed by atoms with E-state index in [1.54, 1.807) is 0 Å². The first kappa shape index (κ1) is 92.7. The molecule has 3 heteroatoms. The molecule has 0 aromatic heterocycles. The van der Waals surface area contributed by atoms with Gasteiger partial charge in [-0.1, -0.05) is 22.3 Å². The topological polar surface area (TPSA) is 72.3 Å². The number of hydrogen-bond donors (Lipinski definition) is 2. The van der Waals surface area contributed by atoms with Gasteiger partial charge in [-0.05, 0) is 0 Å². The van der Waals surface area contributed by atoms with E-state index in [1.165, 1.54) is 0 Å². The molecule has 0 aliphatic carbocycles. The molecule has 0 radical (unpaired) electrons. The van der Waals surface area contributed by atoms with Crippen LogP contribution in [0.2, 0.25) is 0 Å². The number of carbonyl (C=O) groups is 1. The first-order chi connectivity index (χ1) is 1.41. The van der Waals surface area contributed by atoms with Crippen molar-refractivity contribution in [2.75, 3.05) is 0 Å². The van der Waals surface area contributed by atoms with Crippen LogP contribution < -0.4 is 6.15 Å². The molecule has 3 nitrogen and oxygen atoms in total. The third-order valence-electron chi connectivity index (χ3n) is 0. The molecule has 0 fully saturated rings. The van der Waals surface area contributed by atoms with Gasteiger partial charge in [0, 0.05) is 0 Å². The predicted octanol–water partition coefficient (Wildman–Crippen LogP) is 1.77. The number of rotatable bonds is 0. The summed E-state index contributed by atoms with van der Waals surface area (Å²) in [4.78, 5) is 8.36. The summed E-state index contributed by atoms with van der Waals surface area (Å²) in [5, 5.41) is 6.89. The fourth-order valence-corrected chi connectivity index (χ4v) is 0. The minimum absolute atomic E-state index is 0. The summed E-state index contributed by atoms with van der Waals surface area (Å²) in [5.41, 5.74) is 0. The van der Waals surface area contributed by atoms with Crippen molar-refractivity contribution < 1.29 is 9.90 Å². The number of hydrogen-bond acceptors (Lipinski definition) is 2. The second-order valence-corrected chi connectivity index (χ2v) is 0.105. The zero-order valence-electron chi connectivity index (χ0n) is 2.14. The Balaban J connectivity index is -0.00000000333. The summed E-state index contributed by atoms with van der Waals surface area (Å²) in [5.74, 6) is 0. The smallest absolute Gasteiger partial charge is 0.290 e. The molecule has 0 unspecified atom stereocenters. The lowest BCUT2D eigenvalue weighted by atomic mass is 11.7. The van der Waals surface area contributed by atoms with Gasteiger partial charge in [-0.15, -0.1) is 0 Å². The third kappa shape index (κ3) is 197. The van der Waals surface area contributed by atoms with Crippen molar-refractivity contribution in [1.82, 2.24) is 6.15 Å². The standard InChI is InChI=1S/CH2O2.3CH4.H3N/c2-1-3;;;;/h1H,(H,2,3);3*1H4;1H3. The third-order valence-corrected chi connectivity index (χ3v) is 0. The van der Waals surface area contributed by atoms with E-state index in [4.69, 9.17) is 9.90 Å². The Bertz CT molecular complexity index is 17.2. The molecule has 0 aromatic carbocycles. The van der Waals surface area contributed by atoms with Gasteiger partial charge in [-0.25, -0.2) is 0 Å². The lowest BCUT2D eigenvalue weighted by Crippen LogP contribution is -1.49. The zero-order valence-corrected chi connectivity index (χ0v) is 2.14. The quantitative estimate of drug-likeness (QED) is 0.468. The van der Waals surface area contributed by atoms with Crippen LogP contribution in [0.4, 0.5) is 0 Å². The largest absolute Gasteiger partial charge is 0.483 e. The molecule has 0 atom stereocenters. The van der Waals surface area contributed by atoms with E-state index in [9.17, 15) is 0 Å². The normalized spacial score (nSPS) is 1.71. The maximum atomic E-state index is 8.36. The van der Waals surface area contributed by atoms with Crippen LogP contribution in [0.3, 0.4) is 0 Å². The van der Waals surface area contributed by atoms with Gasteiger partial charge in [0.1, 0.15) is 0 Å². The number of carboxylic acid groups (broad SMARTS) is 1. The van der Waals surface area contributed by atoms with Crippen molar-refractivity contribution in [3.63, 3.8) is 0 Å². The van der Waals surface area contributed by atoms with Crippen molar-refractivity contribution in [2.45, 2.75) is 22.3 Å². The first-order valence-corrected chi connectivity index (χ1v) is 0.494. The molecule has 0 aliphatic rings. The summed E-state index contributed by atoms with van der Waals surface area (Å²) >= 11 is 0. The van der Waals surface area contributed by atoms with E-state index < -0.39 is 0 Å². The van der Waals surface area contributed by atoms with E-state index in [-0.39, 0.29) is 34.9 Å². The Morgan fingerprint density at radius 1 is 1.14 bits per heavy atom. The Morgan fingerprint density at radius 2 is 1.14 bits per heavy atom. The lowest BCUT2D eigenvalue weighted by Gasteiger charge is -1.34. The minimum atomic E-state index is -0.250. The van der Waals surface area contributed by atoms with Gasteiger partial charge in [0.05, 0.1) is 0 Å². The van der Waals surface area contributed by atoms with Gasteiger partial charge in [0.15, 0.2) is 0 Å². The molecule has 0 rings (SSSR count). The van der Waals surface area contributed by atoms with Crippen molar-refractivity contribution in [2.24, 2.45) is 0 Å². The second kappa shape index (κ2) is 576. The predicted molar refractivity (Wildman–Crippen MR) is 33.9 cm³/mol. The zero-order chi connectivity index (χ0) is 2.71. The molecule has 0 saturated heterocycles. The summed E-state index contributed by atoms with van der Waals surface area (Å²) in [7, 11) is 0. The highest BCUT2D eigenvalue weighted by Gasteiger charge is 1.22. The van der Waals surface area contributed by atoms with Gasteiger partial charge >= 0.3 is 0 Å². The average Bonchev–Trinajstić information content (AvgIpc) is 0.918. The fraction of sp³-hybridized carbons (Fsp3) is 0.750. The molecule has 0 bridgehead atoms. The summed E-state index contributed by atoms with van der Waals surface area (Å²) in [6.45, 7) is -0.250. The molecule has 7 heavy (non-hydrogen) atoms. The Morgan fingerprint density at radius 3 is 1.14 bits per heavy atom. The fourth-order valence-electron chi connectivity index (χ4n) is 0. The summed E-state index contributed by atoms with van der Waals surface area (Å²) in [6, 6.07) is 0. The van der Waals surface area contributed by atoms with Gasteiger partial charge in [-0.3, -0.25) is 4.79 Å². The average molecular weight is 111 g/mol. The van der Waals surface area contributed by atoms with Gasteiger partial charge < -0.3 is 11.3 Å². The molecule has 0 saturated carbocycles. The van der Waals surface area contributed by atoms with E-state index in [2.05, 4.69) is 0 Å². The Labute approximate surface area is 45.9 Å². The van der Waals surface area contributed by atoms with Crippen LogP contribution in [0.1, 0.15) is 22.3 Å². The molecule has 0 amide bonds. The van der Waals surface area contributed by atoms with Crippen molar-refractivity contribution in [1.29, 1.82) is 0 Å². The molecule has 50 valence electrons. The van der Waals surface area contributed by atoms with Crippen molar-refractivity contribution >= 4 is 6.47 Å². The lowest BCUT2D eigenvalue weighted by molar-refractivity contribution is -0.122. The van der Waals surface area contributed by atoms with Crippen LogP contribution in [-0.4, -0.2) is 11.6 Å². The summed E-state index contributed by atoms with van der Waals surface area (Å²) < 4.78 is 0. The SMILES string of the molecule is C.C.C.N.O=CO. The van der Waals surface area contributed by atoms with E-state index in [0.29, 0.717) is 0 Å². The van der Waals surface area contributed by atoms with Gasteiger partial charge in [-0.2, -0.15) is 0 Å². The first-order valence-electron chi connectivity index (χ1n) is 0.494. The molecule has 0 aromatic rings. The van der Waals surface area contributed by atoms with Crippen LogP contribution in [0.15, 0.2) is 0 Å². The highest BCUT2D eigenvalue weighted by atomic mass is 16.3. The molecular weight excluding hydrogens is 94.0 g/mol. The van der Waals surface area contributed by atoms with Crippen LogP contribution in [0.5, 0.6) is 0 Å². The highest BCUT2D eigenvalue weighted by Crippen LogP contribution is 0.966.